The maximum atomic E-state index is 12.6. The number of amides is 1. The van der Waals surface area contributed by atoms with Crippen molar-refractivity contribution < 1.29 is 4.79 Å². The molecule has 0 atom stereocenters. The van der Waals surface area contributed by atoms with Crippen molar-refractivity contribution in [3.8, 4) is 0 Å². The van der Waals surface area contributed by atoms with E-state index in [0.717, 1.165) is 43.8 Å². The number of benzene rings is 2. The van der Waals surface area contributed by atoms with Gasteiger partial charge in [-0.2, -0.15) is 0 Å². The Morgan fingerprint density at radius 2 is 1.74 bits per heavy atom. The first kappa shape index (κ1) is 18.0. The van der Waals surface area contributed by atoms with Crippen LogP contribution in [0.1, 0.15) is 11.1 Å². The van der Waals surface area contributed by atoms with Crippen molar-refractivity contribution in [1.82, 2.24) is 14.8 Å². The zero-order valence-electron chi connectivity index (χ0n) is 15.1. The molecule has 2 heterocycles. The van der Waals surface area contributed by atoms with Gasteiger partial charge in [-0.25, -0.2) is 0 Å². The van der Waals surface area contributed by atoms with Crippen LogP contribution in [0.25, 0.3) is 10.9 Å². The minimum absolute atomic E-state index is 0.148. The number of pyridine rings is 1. The molecular formula is C22H22ClN3O. The molecule has 27 heavy (non-hydrogen) atoms. The average molecular weight is 380 g/mol. The minimum atomic E-state index is 0.148. The number of hydrogen-bond acceptors (Lipinski definition) is 3. The number of hydrogen-bond donors (Lipinski definition) is 0. The summed E-state index contributed by atoms with van der Waals surface area (Å²) in [5.41, 5.74) is 3.13. The van der Waals surface area contributed by atoms with Crippen LogP contribution in [0, 0.1) is 0 Å². The summed E-state index contributed by atoms with van der Waals surface area (Å²) in [6, 6.07) is 17.9. The summed E-state index contributed by atoms with van der Waals surface area (Å²) in [6.07, 6.45) is 2.32. The maximum absolute atomic E-state index is 12.6. The molecule has 1 aromatic heterocycles. The van der Waals surface area contributed by atoms with Crippen molar-refractivity contribution in [1.29, 1.82) is 0 Å². The number of aromatic nitrogens is 1. The third-order valence-electron chi connectivity index (χ3n) is 5.08. The summed E-state index contributed by atoms with van der Waals surface area (Å²) in [7, 11) is 0. The lowest BCUT2D eigenvalue weighted by atomic mass is 10.1. The molecule has 3 aromatic rings. The quantitative estimate of drug-likeness (QED) is 0.692. The van der Waals surface area contributed by atoms with Crippen molar-refractivity contribution >= 4 is 28.4 Å². The molecule has 2 aromatic carbocycles. The highest BCUT2D eigenvalue weighted by atomic mass is 35.5. The van der Waals surface area contributed by atoms with Gasteiger partial charge >= 0.3 is 0 Å². The standard InChI is InChI=1S/C22H22ClN3O/c23-20-7-3-1-5-18(20)14-22(27)26-11-9-25(10-12-26)16-17-13-19-6-2-4-8-21(19)24-15-17/h1-8,13,15H,9-12,14,16H2. The first-order valence-corrected chi connectivity index (χ1v) is 9.64. The van der Waals surface area contributed by atoms with Crippen LogP contribution >= 0.6 is 11.6 Å². The molecule has 4 rings (SSSR count). The third kappa shape index (κ3) is 4.29. The van der Waals surface area contributed by atoms with Gasteiger partial charge in [-0.15, -0.1) is 0 Å². The van der Waals surface area contributed by atoms with Gasteiger partial charge < -0.3 is 4.90 Å². The first-order valence-electron chi connectivity index (χ1n) is 9.26. The van der Waals surface area contributed by atoms with Gasteiger partial charge in [0.2, 0.25) is 5.91 Å². The number of para-hydroxylation sites is 1. The van der Waals surface area contributed by atoms with Crippen LogP contribution in [-0.4, -0.2) is 46.9 Å². The van der Waals surface area contributed by atoms with Crippen molar-refractivity contribution in [2.75, 3.05) is 26.2 Å². The molecule has 0 unspecified atom stereocenters. The smallest absolute Gasteiger partial charge is 0.227 e. The Kier molecular flexibility index (Phi) is 5.37. The van der Waals surface area contributed by atoms with Crippen LogP contribution in [0.5, 0.6) is 0 Å². The lowest BCUT2D eigenvalue weighted by Crippen LogP contribution is -2.48. The number of carbonyl (C=O) groups excluding carboxylic acids is 1. The van der Waals surface area contributed by atoms with E-state index in [-0.39, 0.29) is 5.91 Å². The Bertz CT molecular complexity index is 951. The fraction of sp³-hybridized carbons (Fsp3) is 0.273. The number of rotatable bonds is 4. The SMILES string of the molecule is O=C(Cc1ccccc1Cl)N1CCN(Cc2cnc3ccccc3c2)CC1. The van der Waals surface area contributed by atoms with Crippen molar-refractivity contribution in [3.63, 3.8) is 0 Å². The second-order valence-electron chi connectivity index (χ2n) is 6.96. The predicted octanol–water partition coefficient (Wildman–Crippen LogP) is 3.78. The van der Waals surface area contributed by atoms with Gasteiger partial charge in [0, 0.05) is 49.3 Å². The Labute approximate surface area is 164 Å². The number of halogens is 1. The summed E-state index contributed by atoms with van der Waals surface area (Å²) in [4.78, 5) is 21.4. The van der Waals surface area contributed by atoms with E-state index in [1.165, 1.54) is 10.9 Å². The normalized spacial score (nSPS) is 15.2. The largest absolute Gasteiger partial charge is 0.340 e. The monoisotopic (exact) mass is 379 g/mol. The molecule has 0 spiro atoms. The van der Waals surface area contributed by atoms with Gasteiger partial charge in [0.25, 0.3) is 0 Å². The van der Waals surface area contributed by atoms with Gasteiger partial charge in [-0.3, -0.25) is 14.7 Å². The van der Waals surface area contributed by atoms with Crippen molar-refractivity contribution in [2.45, 2.75) is 13.0 Å². The Hall–Kier alpha value is -2.43. The predicted molar refractivity (Wildman–Crippen MR) is 109 cm³/mol. The molecule has 1 aliphatic rings. The molecule has 138 valence electrons. The van der Waals surface area contributed by atoms with Crippen LogP contribution in [0.2, 0.25) is 5.02 Å². The van der Waals surface area contributed by atoms with Gasteiger partial charge in [0.05, 0.1) is 11.9 Å². The van der Waals surface area contributed by atoms with Gasteiger partial charge in [0.1, 0.15) is 0 Å². The van der Waals surface area contributed by atoms with E-state index in [9.17, 15) is 4.79 Å². The zero-order chi connectivity index (χ0) is 18.6. The molecule has 1 amide bonds. The Morgan fingerprint density at radius 3 is 2.56 bits per heavy atom. The van der Waals surface area contributed by atoms with E-state index < -0.39 is 0 Å². The Morgan fingerprint density at radius 1 is 1.00 bits per heavy atom. The highest BCUT2D eigenvalue weighted by Gasteiger charge is 2.21. The van der Waals surface area contributed by atoms with Gasteiger partial charge in [-0.1, -0.05) is 48.0 Å². The van der Waals surface area contributed by atoms with E-state index in [1.54, 1.807) is 0 Å². The fourth-order valence-corrected chi connectivity index (χ4v) is 3.74. The number of fused-ring (bicyclic) bond motifs is 1. The molecule has 5 heteroatoms. The lowest BCUT2D eigenvalue weighted by Gasteiger charge is -2.34. The molecule has 0 N–H and O–H groups in total. The zero-order valence-corrected chi connectivity index (χ0v) is 15.9. The molecule has 0 saturated carbocycles. The third-order valence-corrected chi connectivity index (χ3v) is 5.45. The van der Waals surface area contributed by atoms with E-state index in [2.05, 4.69) is 22.0 Å². The van der Waals surface area contributed by atoms with Crippen LogP contribution < -0.4 is 0 Å². The number of nitrogens with zero attached hydrogens (tertiary/aromatic N) is 3. The maximum Gasteiger partial charge on any atom is 0.227 e. The number of piperazine rings is 1. The molecule has 1 fully saturated rings. The second kappa shape index (κ2) is 8.07. The van der Waals surface area contributed by atoms with E-state index >= 15 is 0 Å². The molecule has 0 bridgehead atoms. The number of carbonyl (C=O) groups is 1. The first-order chi connectivity index (χ1) is 13.2. The summed E-state index contributed by atoms with van der Waals surface area (Å²) in [5, 5.41) is 1.83. The van der Waals surface area contributed by atoms with Crippen molar-refractivity contribution in [3.05, 3.63) is 76.9 Å². The molecule has 0 aliphatic carbocycles. The van der Waals surface area contributed by atoms with E-state index in [1.807, 2.05) is 53.6 Å². The highest BCUT2D eigenvalue weighted by Crippen LogP contribution is 2.18. The molecule has 1 saturated heterocycles. The highest BCUT2D eigenvalue weighted by molar-refractivity contribution is 6.31. The molecular weight excluding hydrogens is 358 g/mol. The van der Waals surface area contributed by atoms with Gasteiger partial charge in [0.15, 0.2) is 0 Å². The summed E-state index contributed by atoms with van der Waals surface area (Å²) < 4.78 is 0. The summed E-state index contributed by atoms with van der Waals surface area (Å²) in [6.45, 7) is 4.13. The Balaban J connectivity index is 1.33. The van der Waals surface area contributed by atoms with Crippen molar-refractivity contribution in [2.24, 2.45) is 0 Å². The molecule has 4 nitrogen and oxygen atoms in total. The van der Waals surface area contributed by atoms with Crippen LogP contribution in [0.15, 0.2) is 60.8 Å². The van der Waals surface area contributed by atoms with E-state index in [4.69, 9.17) is 11.6 Å². The minimum Gasteiger partial charge on any atom is -0.340 e. The second-order valence-corrected chi connectivity index (χ2v) is 7.37. The fourth-order valence-electron chi connectivity index (χ4n) is 3.53. The van der Waals surface area contributed by atoms with E-state index in [0.29, 0.717) is 11.4 Å². The lowest BCUT2D eigenvalue weighted by molar-refractivity contribution is -0.132. The molecule has 0 radical (unpaired) electrons. The molecule has 1 aliphatic heterocycles. The van der Waals surface area contributed by atoms with Crippen LogP contribution in [-0.2, 0) is 17.8 Å². The summed E-state index contributed by atoms with van der Waals surface area (Å²) in [5.74, 6) is 0.148. The average Bonchev–Trinajstić information content (AvgIpc) is 2.70. The summed E-state index contributed by atoms with van der Waals surface area (Å²) >= 11 is 6.18. The van der Waals surface area contributed by atoms with Crippen LogP contribution in [0.3, 0.4) is 0 Å². The van der Waals surface area contributed by atoms with Gasteiger partial charge in [-0.05, 0) is 29.3 Å². The topological polar surface area (TPSA) is 36.4 Å². The van der Waals surface area contributed by atoms with Crippen LogP contribution in [0.4, 0.5) is 0 Å².